The second kappa shape index (κ2) is 10.1. The van der Waals surface area contributed by atoms with Crippen LogP contribution in [0, 0.1) is 11.8 Å². The summed E-state index contributed by atoms with van der Waals surface area (Å²) in [6, 6.07) is 0. The normalized spacial score (nSPS) is 35.3. The topological polar surface area (TPSA) is 113 Å². The van der Waals surface area contributed by atoms with Gasteiger partial charge in [-0.25, -0.2) is 4.39 Å². The third-order valence-electron chi connectivity index (χ3n) is 5.93. The summed E-state index contributed by atoms with van der Waals surface area (Å²) in [6.45, 7) is 2.06. The molecule has 1 aliphatic heterocycles. The number of ether oxygens (including phenoxy) is 2. The molecule has 0 aromatic heterocycles. The molecule has 6 unspecified atom stereocenters. The average Bonchev–Trinajstić information content (AvgIpc) is 3.05. The Morgan fingerprint density at radius 1 is 1.38 bits per heavy atom. The van der Waals surface area contributed by atoms with Crippen LogP contribution >= 0.6 is 0 Å². The first kappa shape index (κ1) is 23.9. The van der Waals surface area contributed by atoms with Gasteiger partial charge in [0, 0.05) is 32.3 Å². The molecule has 0 spiro atoms. The average molecular weight is 416 g/mol. The molecule has 8 heteroatoms. The highest BCUT2D eigenvalue weighted by atomic mass is 19.2. The van der Waals surface area contributed by atoms with Crippen LogP contribution in [0.3, 0.4) is 0 Å². The third kappa shape index (κ3) is 5.63. The SMILES string of the molecule is CCCCCC(O)C=CC1C2C(=O)C(CCCCC(=O)O)(OC)OC2CC1(O)F. The van der Waals surface area contributed by atoms with Gasteiger partial charge in [0.2, 0.25) is 11.6 Å². The second-order valence-electron chi connectivity index (χ2n) is 8.10. The van der Waals surface area contributed by atoms with E-state index in [1.807, 2.05) is 0 Å². The number of aliphatic hydroxyl groups is 2. The molecule has 3 N–H and O–H groups in total. The van der Waals surface area contributed by atoms with Crippen LogP contribution in [0.2, 0.25) is 0 Å². The Labute approximate surface area is 170 Å². The highest BCUT2D eigenvalue weighted by Gasteiger charge is 2.66. The first-order valence-corrected chi connectivity index (χ1v) is 10.4. The zero-order valence-electron chi connectivity index (χ0n) is 17.2. The predicted molar refractivity (Wildman–Crippen MR) is 103 cm³/mol. The summed E-state index contributed by atoms with van der Waals surface area (Å²) >= 11 is 0. The Morgan fingerprint density at radius 2 is 2.10 bits per heavy atom. The molecule has 1 heterocycles. The number of carbonyl (C=O) groups is 2. The number of Topliss-reactive ketones (excluding diaryl/α,β-unsaturated/α-hetero) is 1. The van der Waals surface area contributed by atoms with Gasteiger partial charge < -0.3 is 24.8 Å². The molecule has 0 aromatic carbocycles. The summed E-state index contributed by atoms with van der Waals surface area (Å²) in [5.41, 5.74) is 0. The minimum Gasteiger partial charge on any atom is -0.481 e. The predicted octanol–water partition coefficient (Wildman–Crippen LogP) is 2.73. The molecule has 0 aromatic rings. The van der Waals surface area contributed by atoms with Crippen LogP contribution in [0.25, 0.3) is 0 Å². The van der Waals surface area contributed by atoms with Gasteiger partial charge in [-0.05, 0) is 19.3 Å². The Balaban J connectivity index is 2.07. The highest BCUT2D eigenvalue weighted by molar-refractivity contribution is 5.91. The van der Waals surface area contributed by atoms with Crippen LogP contribution < -0.4 is 0 Å². The van der Waals surface area contributed by atoms with Gasteiger partial charge in [-0.3, -0.25) is 9.59 Å². The third-order valence-corrected chi connectivity index (χ3v) is 5.93. The maximum absolute atomic E-state index is 14.8. The minimum atomic E-state index is -2.60. The van der Waals surface area contributed by atoms with E-state index in [9.17, 15) is 24.2 Å². The van der Waals surface area contributed by atoms with Crippen molar-refractivity contribution in [1.29, 1.82) is 0 Å². The van der Waals surface area contributed by atoms with Crippen LogP contribution in [0.1, 0.15) is 64.7 Å². The van der Waals surface area contributed by atoms with E-state index >= 15 is 0 Å². The van der Waals surface area contributed by atoms with Crippen molar-refractivity contribution in [3.8, 4) is 0 Å². The summed E-state index contributed by atoms with van der Waals surface area (Å²) < 4.78 is 25.9. The number of carboxylic acid groups (broad SMARTS) is 1. The monoisotopic (exact) mass is 416 g/mol. The van der Waals surface area contributed by atoms with Crippen LogP contribution in [0.4, 0.5) is 4.39 Å². The first-order valence-electron chi connectivity index (χ1n) is 10.4. The Hall–Kier alpha value is -1.35. The molecule has 1 aliphatic carbocycles. The molecule has 2 fully saturated rings. The number of hydrogen-bond acceptors (Lipinski definition) is 6. The van der Waals surface area contributed by atoms with E-state index < -0.39 is 47.4 Å². The maximum atomic E-state index is 14.8. The fourth-order valence-corrected chi connectivity index (χ4v) is 4.34. The van der Waals surface area contributed by atoms with Crippen molar-refractivity contribution in [3.63, 3.8) is 0 Å². The van der Waals surface area contributed by atoms with Gasteiger partial charge >= 0.3 is 5.97 Å². The zero-order valence-corrected chi connectivity index (χ0v) is 17.2. The second-order valence-corrected chi connectivity index (χ2v) is 8.10. The number of methoxy groups -OCH3 is 1. The lowest BCUT2D eigenvalue weighted by atomic mass is 9.85. The highest BCUT2D eigenvalue weighted by Crippen LogP contribution is 2.52. The van der Waals surface area contributed by atoms with Gasteiger partial charge in [0.1, 0.15) is 0 Å². The number of rotatable bonds is 12. The van der Waals surface area contributed by atoms with Crippen molar-refractivity contribution < 1.29 is 38.8 Å². The molecular formula is C21H33FO7. The summed E-state index contributed by atoms with van der Waals surface area (Å²) in [6.07, 6.45) is 5.17. The number of fused-ring (bicyclic) bond motifs is 1. The Morgan fingerprint density at radius 3 is 2.72 bits per heavy atom. The fourth-order valence-electron chi connectivity index (χ4n) is 4.34. The standard InChI is InChI=1S/C21H33FO7/c1-3-4-5-8-14(23)10-11-15-18-16(13-20(15,22)27)29-21(28-2,19(18)26)12-7-6-9-17(24)25/h10-11,14-16,18,23,27H,3-9,12-13H2,1-2H3,(H,24,25). The Bertz CT molecular complexity index is 606. The van der Waals surface area contributed by atoms with Gasteiger partial charge in [0.05, 0.1) is 18.1 Å². The number of unbranched alkanes of at least 4 members (excludes halogenated alkanes) is 3. The van der Waals surface area contributed by atoms with Crippen molar-refractivity contribution in [2.75, 3.05) is 7.11 Å². The quantitative estimate of drug-likeness (QED) is 0.331. The number of ketones is 1. The number of aliphatic hydroxyl groups excluding tert-OH is 1. The van der Waals surface area contributed by atoms with Crippen molar-refractivity contribution in [1.82, 2.24) is 0 Å². The van der Waals surface area contributed by atoms with Crippen molar-refractivity contribution in [3.05, 3.63) is 12.2 Å². The molecule has 7 nitrogen and oxygen atoms in total. The molecule has 0 radical (unpaired) electrons. The van der Waals surface area contributed by atoms with Crippen LogP contribution in [0.5, 0.6) is 0 Å². The van der Waals surface area contributed by atoms with Gasteiger partial charge in [0.25, 0.3) is 0 Å². The van der Waals surface area contributed by atoms with Gasteiger partial charge in [-0.1, -0.05) is 38.3 Å². The maximum Gasteiger partial charge on any atom is 0.303 e. The molecule has 0 bridgehead atoms. The van der Waals surface area contributed by atoms with Crippen molar-refractivity contribution in [2.45, 2.75) is 88.6 Å². The number of carboxylic acids is 1. The summed E-state index contributed by atoms with van der Waals surface area (Å²) in [7, 11) is 1.33. The molecule has 29 heavy (non-hydrogen) atoms. The summed E-state index contributed by atoms with van der Waals surface area (Å²) in [4.78, 5) is 23.7. The van der Waals surface area contributed by atoms with Crippen molar-refractivity contribution in [2.24, 2.45) is 11.8 Å². The van der Waals surface area contributed by atoms with E-state index in [1.54, 1.807) is 0 Å². The van der Waals surface area contributed by atoms with E-state index in [0.29, 0.717) is 19.3 Å². The number of carbonyl (C=O) groups excluding carboxylic acids is 1. The lowest BCUT2D eigenvalue weighted by Crippen LogP contribution is -2.43. The summed E-state index contributed by atoms with van der Waals surface area (Å²) in [5.74, 6) is -7.55. The largest absolute Gasteiger partial charge is 0.481 e. The smallest absolute Gasteiger partial charge is 0.303 e. The zero-order chi connectivity index (χ0) is 21.7. The van der Waals surface area contributed by atoms with E-state index in [4.69, 9.17) is 14.6 Å². The van der Waals surface area contributed by atoms with Crippen molar-refractivity contribution >= 4 is 11.8 Å². The molecule has 1 saturated carbocycles. The molecule has 0 amide bonds. The van der Waals surface area contributed by atoms with Crippen LogP contribution in [-0.2, 0) is 19.1 Å². The minimum absolute atomic E-state index is 0.0215. The van der Waals surface area contributed by atoms with Gasteiger partial charge in [0.15, 0.2) is 5.78 Å². The van der Waals surface area contributed by atoms with Gasteiger partial charge in [-0.15, -0.1) is 0 Å². The van der Waals surface area contributed by atoms with E-state index in [-0.39, 0.29) is 19.3 Å². The lowest BCUT2D eigenvalue weighted by molar-refractivity contribution is -0.221. The lowest BCUT2D eigenvalue weighted by Gasteiger charge is -2.29. The Kier molecular flexibility index (Phi) is 8.34. The first-order chi connectivity index (χ1) is 13.7. The number of alkyl halides is 1. The van der Waals surface area contributed by atoms with Crippen LogP contribution in [-0.4, -0.2) is 58.0 Å². The van der Waals surface area contributed by atoms with E-state index in [0.717, 1.165) is 19.3 Å². The summed E-state index contributed by atoms with van der Waals surface area (Å²) in [5, 5.41) is 29.0. The molecule has 1 saturated heterocycles. The molecule has 2 rings (SSSR count). The fraction of sp³-hybridized carbons (Fsp3) is 0.810. The number of aliphatic carboxylic acids is 1. The number of halogens is 1. The molecule has 2 aliphatic rings. The van der Waals surface area contributed by atoms with Gasteiger partial charge in [-0.2, -0.15) is 0 Å². The van der Waals surface area contributed by atoms with E-state index in [1.165, 1.54) is 19.3 Å². The molecule has 6 atom stereocenters. The van der Waals surface area contributed by atoms with Crippen LogP contribution in [0.15, 0.2) is 12.2 Å². The van der Waals surface area contributed by atoms with E-state index in [2.05, 4.69) is 6.92 Å². The molecular weight excluding hydrogens is 383 g/mol. The number of hydrogen-bond donors (Lipinski definition) is 3. The molecule has 166 valence electrons.